The fourth-order valence-electron chi connectivity index (χ4n) is 3.39. The second-order valence-corrected chi connectivity index (χ2v) is 9.90. The van der Waals surface area contributed by atoms with Gasteiger partial charge in [-0.1, -0.05) is 42.5 Å². The van der Waals surface area contributed by atoms with E-state index in [1.807, 2.05) is 38.1 Å². The Bertz CT molecular complexity index is 1180. The Morgan fingerprint density at radius 3 is 2.26 bits per heavy atom. The number of hydrogen-bond acceptors (Lipinski definition) is 4. The van der Waals surface area contributed by atoms with Gasteiger partial charge in [-0.05, 0) is 68.7 Å². The molecule has 3 rings (SSSR count). The number of hydrogen-bond donors (Lipinski definition) is 1. The molecule has 34 heavy (non-hydrogen) atoms. The summed E-state index contributed by atoms with van der Waals surface area (Å²) in [4.78, 5) is 12.6. The van der Waals surface area contributed by atoms with Crippen molar-refractivity contribution in [2.75, 3.05) is 17.4 Å². The zero-order chi connectivity index (χ0) is 24.6. The molecule has 0 radical (unpaired) electrons. The van der Waals surface area contributed by atoms with Crippen LogP contribution in [-0.2, 0) is 21.2 Å². The maximum Gasteiger partial charge on any atom is 0.264 e. The summed E-state index contributed by atoms with van der Waals surface area (Å²) in [5.74, 6) is -0.428. The summed E-state index contributed by atoms with van der Waals surface area (Å²) in [5.41, 5.74) is 0.926. The van der Waals surface area contributed by atoms with Crippen LogP contribution in [-0.4, -0.2) is 33.5 Å². The first-order chi connectivity index (χ1) is 16.3. The average Bonchev–Trinajstić information content (AvgIpc) is 2.82. The predicted octanol–water partition coefficient (Wildman–Crippen LogP) is 4.56. The van der Waals surface area contributed by atoms with Gasteiger partial charge in [0.05, 0.1) is 16.7 Å². The van der Waals surface area contributed by atoms with Gasteiger partial charge in [0.1, 0.15) is 18.1 Å². The van der Waals surface area contributed by atoms with E-state index in [-0.39, 0.29) is 16.7 Å². The van der Waals surface area contributed by atoms with Crippen LogP contribution in [0.3, 0.4) is 0 Å². The molecule has 1 amide bonds. The lowest BCUT2D eigenvalue weighted by molar-refractivity contribution is -0.119. The fourth-order valence-corrected chi connectivity index (χ4v) is 4.84. The summed E-state index contributed by atoms with van der Waals surface area (Å²) < 4.78 is 47.3. The molecule has 3 aromatic rings. The van der Waals surface area contributed by atoms with Crippen molar-refractivity contribution >= 4 is 21.6 Å². The molecule has 0 saturated heterocycles. The molecule has 0 unspecified atom stereocenters. The molecule has 1 N–H and O–H groups in total. The number of aryl methyl sites for hydroxylation is 1. The fraction of sp³-hybridized carbons (Fsp3) is 0.269. The molecule has 0 saturated carbocycles. The molecule has 180 valence electrons. The van der Waals surface area contributed by atoms with Crippen LogP contribution < -0.4 is 14.4 Å². The van der Waals surface area contributed by atoms with Crippen molar-refractivity contribution in [3.8, 4) is 5.75 Å². The van der Waals surface area contributed by atoms with Crippen molar-refractivity contribution in [2.45, 2.75) is 37.7 Å². The third-order valence-electron chi connectivity index (χ3n) is 5.00. The first-order valence-electron chi connectivity index (χ1n) is 11.1. The number of halogens is 1. The summed E-state index contributed by atoms with van der Waals surface area (Å²) in [5, 5.41) is 2.74. The molecule has 0 heterocycles. The van der Waals surface area contributed by atoms with Crippen molar-refractivity contribution in [3.63, 3.8) is 0 Å². The minimum absolute atomic E-state index is 0.0176. The number of amides is 1. The van der Waals surface area contributed by atoms with Gasteiger partial charge >= 0.3 is 0 Å². The molecule has 0 bridgehead atoms. The maximum absolute atomic E-state index is 14.5. The van der Waals surface area contributed by atoms with Gasteiger partial charge in [-0.2, -0.15) is 0 Å². The number of sulfonamides is 1. The van der Waals surface area contributed by atoms with E-state index in [2.05, 4.69) is 5.32 Å². The van der Waals surface area contributed by atoms with E-state index in [0.29, 0.717) is 13.0 Å². The van der Waals surface area contributed by atoms with Gasteiger partial charge in [0.25, 0.3) is 10.0 Å². The van der Waals surface area contributed by atoms with Crippen molar-refractivity contribution in [1.82, 2.24) is 5.32 Å². The first-order valence-corrected chi connectivity index (χ1v) is 12.6. The number of benzene rings is 3. The minimum atomic E-state index is -4.14. The lowest BCUT2D eigenvalue weighted by Crippen LogP contribution is -2.41. The van der Waals surface area contributed by atoms with Gasteiger partial charge in [-0.3, -0.25) is 9.10 Å². The first kappa shape index (κ1) is 25.2. The molecular formula is C26H29FN2O4S. The Kier molecular flexibility index (Phi) is 8.65. The normalized spacial score (nSPS) is 11.3. The van der Waals surface area contributed by atoms with Crippen molar-refractivity contribution in [1.29, 1.82) is 0 Å². The second kappa shape index (κ2) is 11.7. The lowest BCUT2D eigenvalue weighted by Gasteiger charge is -2.24. The molecule has 0 spiro atoms. The molecule has 0 atom stereocenters. The van der Waals surface area contributed by atoms with Gasteiger partial charge < -0.3 is 10.1 Å². The Labute approximate surface area is 200 Å². The highest BCUT2D eigenvalue weighted by atomic mass is 32.2. The molecule has 6 nitrogen and oxygen atoms in total. The minimum Gasteiger partial charge on any atom is -0.491 e. The topological polar surface area (TPSA) is 75.7 Å². The van der Waals surface area contributed by atoms with Gasteiger partial charge in [0, 0.05) is 6.54 Å². The number of nitrogens with zero attached hydrogens (tertiary/aromatic N) is 1. The van der Waals surface area contributed by atoms with Crippen molar-refractivity contribution in [2.24, 2.45) is 0 Å². The van der Waals surface area contributed by atoms with E-state index in [1.165, 1.54) is 30.3 Å². The van der Waals surface area contributed by atoms with E-state index in [9.17, 15) is 17.6 Å². The van der Waals surface area contributed by atoms with Crippen LogP contribution in [0.15, 0.2) is 83.8 Å². The molecule has 0 aliphatic rings. The summed E-state index contributed by atoms with van der Waals surface area (Å²) in [6, 6.07) is 21.0. The zero-order valence-electron chi connectivity index (χ0n) is 19.3. The van der Waals surface area contributed by atoms with Gasteiger partial charge in [-0.15, -0.1) is 0 Å². The van der Waals surface area contributed by atoms with Crippen molar-refractivity contribution < 1.29 is 22.3 Å². The van der Waals surface area contributed by atoms with E-state index in [1.54, 1.807) is 18.2 Å². The summed E-state index contributed by atoms with van der Waals surface area (Å²) in [6.07, 6.45) is 1.51. The number of nitrogens with one attached hydrogen (secondary N) is 1. The number of rotatable bonds is 11. The van der Waals surface area contributed by atoms with E-state index < -0.39 is 28.3 Å². The summed E-state index contributed by atoms with van der Waals surface area (Å²) in [6.45, 7) is 3.77. The van der Waals surface area contributed by atoms with Crippen LogP contribution in [0.25, 0.3) is 0 Å². The number of para-hydroxylation sites is 1. The second-order valence-electron chi connectivity index (χ2n) is 8.04. The highest BCUT2D eigenvalue weighted by molar-refractivity contribution is 7.92. The Morgan fingerprint density at radius 2 is 1.62 bits per heavy atom. The highest BCUT2D eigenvalue weighted by Gasteiger charge is 2.28. The number of carbonyl (C=O) groups excluding carboxylic acids is 1. The van der Waals surface area contributed by atoms with E-state index in [4.69, 9.17) is 4.74 Å². The van der Waals surface area contributed by atoms with Gasteiger partial charge in [-0.25, -0.2) is 12.8 Å². The van der Waals surface area contributed by atoms with Crippen LogP contribution in [0.4, 0.5) is 10.1 Å². The maximum atomic E-state index is 14.5. The third-order valence-corrected chi connectivity index (χ3v) is 6.77. The SMILES string of the molecule is CC(C)Oc1ccc(CCCNC(=O)CN(c2ccccc2F)S(=O)(=O)c2ccccc2)cc1. The van der Waals surface area contributed by atoms with E-state index in [0.717, 1.165) is 28.1 Å². The Hall–Kier alpha value is -3.39. The summed E-state index contributed by atoms with van der Waals surface area (Å²) >= 11 is 0. The monoisotopic (exact) mass is 484 g/mol. The number of carbonyl (C=O) groups is 1. The predicted molar refractivity (Wildman–Crippen MR) is 131 cm³/mol. The van der Waals surface area contributed by atoms with E-state index >= 15 is 0 Å². The highest BCUT2D eigenvalue weighted by Crippen LogP contribution is 2.26. The van der Waals surface area contributed by atoms with Crippen LogP contribution in [0.5, 0.6) is 5.75 Å². The standard InChI is InChI=1S/C26H29FN2O4S/c1-20(2)33-22-16-14-21(15-17-22)9-8-18-28-26(30)19-29(25-13-7-6-12-24(25)27)34(31,32)23-10-4-3-5-11-23/h3-7,10-17,20H,8-9,18-19H2,1-2H3,(H,28,30). The lowest BCUT2D eigenvalue weighted by atomic mass is 10.1. The molecule has 0 aliphatic heterocycles. The quantitative estimate of drug-likeness (QED) is 0.405. The van der Waals surface area contributed by atoms with Gasteiger partial charge in [0.2, 0.25) is 5.91 Å². The number of anilines is 1. The molecule has 8 heteroatoms. The largest absolute Gasteiger partial charge is 0.491 e. The molecule has 0 aliphatic carbocycles. The smallest absolute Gasteiger partial charge is 0.264 e. The van der Waals surface area contributed by atoms with Gasteiger partial charge in [0.15, 0.2) is 0 Å². The van der Waals surface area contributed by atoms with Crippen molar-refractivity contribution in [3.05, 3.63) is 90.2 Å². The Morgan fingerprint density at radius 1 is 0.971 bits per heavy atom. The van der Waals surface area contributed by atoms with Crippen LogP contribution >= 0.6 is 0 Å². The Balaban J connectivity index is 1.62. The van der Waals surface area contributed by atoms with Crippen LogP contribution in [0, 0.1) is 5.82 Å². The molecule has 3 aromatic carbocycles. The average molecular weight is 485 g/mol. The molecular weight excluding hydrogens is 455 g/mol. The third kappa shape index (κ3) is 6.81. The molecule has 0 fully saturated rings. The molecule has 0 aromatic heterocycles. The number of ether oxygens (including phenoxy) is 1. The van der Waals surface area contributed by atoms with Crippen LogP contribution in [0.1, 0.15) is 25.8 Å². The van der Waals surface area contributed by atoms with Crippen LogP contribution in [0.2, 0.25) is 0 Å². The zero-order valence-corrected chi connectivity index (χ0v) is 20.1. The summed E-state index contributed by atoms with van der Waals surface area (Å²) in [7, 11) is -4.14.